The summed E-state index contributed by atoms with van der Waals surface area (Å²) in [5.74, 6) is -4.96. The van der Waals surface area contributed by atoms with Gasteiger partial charge >= 0.3 is 11.9 Å². The van der Waals surface area contributed by atoms with E-state index in [1.807, 2.05) is 30.3 Å². The van der Waals surface area contributed by atoms with E-state index in [0.29, 0.717) is 11.3 Å². The number of aliphatic carboxylic acids is 2. The van der Waals surface area contributed by atoms with Crippen LogP contribution in [0.2, 0.25) is 0 Å². The standard InChI is InChI=1S/C29H34N6O8/c30-21(12-17-4-2-1-3-5-17)26(39)34-24(14-19-15-31-16-32-19)28(41)35-23(13-18-6-8-20(36)9-7-18)27(40)33-22(29(42)43)10-11-25(37)38/h1-9,15-16,21-24,36H,10-14,30H2,(H,31,32)(H,33,40)(H,34,39)(H,35,41)(H,37,38)(H,42,43). The summed E-state index contributed by atoms with van der Waals surface area (Å²) < 4.78 is 0. The molecule has 0 radical (unpaired) electrons. The average molecular weight is 595 g/mol. The van der Waals surface area contributed by atoms with Crippen LogP contribution < -0.4 is 21.7 Å². The number of nitrogens with one attached hydrogen (secondary N) is 4. The number of aromatic hydroxyl groups is 1. The van der Waals surface area contributed by atoms with Crippen molar-refractivity contribution in [3.63, 3.8) is 0 Å². The molecule has 3 rings (SSSR count). The number of carboxylic acid groups (broad SMARTS) is 2. The van der Waals surface area contributed by atoms with Crippen LogP contribution in [0, 0.1) is 0 Å². The molecule has 0 spiro atoms. The van der Waals surface area contributed by atoms with Crippen LogP contribution in [0.3, 0.4) is 0 Å². The number of nitrogens with two attached hydrogens (primary N) is 1. The van der Waals surface area contributed by atoms with E-state index >= 15 is 0 Å². The fraction of sp³-hybridized carbons (Fsp3) is 0.310. The van der Waals surface area contributed by atoms with Gasteiger partial charge in [-0.3, -0.25) is 19.2 Å². The van der Waals surface area contributed by atoms with Crippen LogP contribution in [-0.4, -0.2) is 79.1 Å². The molecule has 0 aliphatic heterocycles. The van der Waals surface area contributed by atoms with Gasteiger partial charge in [-0.15, -0.1) is 0 Å². The van der Waals surface area contributed by atoms with Gasteiger partial charge in [-0.1, -0.05) is 42.5 Å². The third-order valence-corrected chi connectivity index (χ3v) is 6.52. The molecular formula is C29H34N6O8. The molecule has 3 aromatic rings. The van der Waals surface area contributed by atoms with Crippen molar-refractivity contribution in [2.45, 2.75) is 56.3 Å². The summed E-state index contributed by atoms with van der Waals surface area (Å²) in [6.07, 6.45) is 2.06. The second kappa shape index (κ2) is 15.7. The van der Waals surface area contributed by atoms with Gasteiger partial charge in [-0.2, -0.15) is 0 Å². The molecule has 14 nitrogen and oxygen atoms in total. The molecule has 4 unspecified atom stereocenters. The number of nitrogens with zero attached hydrogens (tertiary/aromatic N) is 1. The average Bonchev–Trinajstić information content (AvgIpc) is 3.49. The Labute approximate surface area is 246 Å². The van der Waals surface area contributed by atoms with Crippen molar-refractivity contribution in [3.05, 3.63) is 83.9 Å². The minimum atomic E-state index is -1.53. The minimum Gasteiger partial charge on any atom is -0.508 e. The summed E-state index contributed by atoms with van der Waals surface area (Å²) in [7, 11) is 0. The Balaban J connectivity index is 1.81. The number of amides is 3. The molecule has 14 heteroatoms. The van der Waals surface area contributed by atoms with Crippen molar-refractivity contribution in [1.82, 2.24) is 25.9 Å². The molecule has 0 saturated carbocycles. The fourth-order valence-corrected chi connectivity index (χ4v) is 4.21. The summed E-state index contributed by atoms with van der Waals surface area (Å²) >= 11 is 0. The molecular weight excluding hydrogens is 560 g/mol. The quantitative estimate of drug-likeness (QED) is 0.109. The van der Waals surface area contributed by atoms with Crippen LogP contribution in [0.15, 0.2) is 67.1 Å². The lowest BCUT2D eigenvalue weighted by Crippen LogP contribution is -2.58. The van der Waals surface area contributed by atoms with Crippen molar-refractivity contribution in [2.24, 2.45) is 5.73 Å². The summed E-state index contributed by atoms with van der Waals surface area (Å²) in [6, 6.07) is 9.84. The lowest BCUT2D eigenvalue weighted by Gasteiger charge is -2.25. The lowest BCUT2D eigenvalue weighted by molar-refractivity contribution is -0.143. The number of benzene rings is 2. The molecule has 0 aliphatic rings. The van der Waals surface area contributed by atoms with Gasteiger partial charge < -0.3 is 42.0 Å². The Bertz CT molecular complexity index is 1380. The molecule has 228 valence electrons. The normalized spacial score (nSPS) is 13.6. The third-order valence-electron chi connectivity index (χ3n) is 6.52. The van der Waals surface area contributed by atoms with Crippen LogP contribution in [0.5, 0.6) is 5.75 Å². The van der Waals surface area contributed by atoms with Crippen LogP contribution in [0.4, 0.5) is 0 Å². The zero-order valence-electron chi connectivity index (χ0n) is 23.1. The van der Waals surface area contributed by atoms with Gasteiger partial charge in [-0.25, -0.2) is 9.78 Å². The van der Waals surface area contributed by atoms with Crippen LogP contribution in [0.1, 0.15) is 29.7 Å². The molecule has 1 heterocycles. The van der Waals surface area contributed by atoms with Crippen molar-refractivity contribution < 1.29 is 39.3 Å². The number of aromatic amines is 1. The molecule has 0 fully saturated rings. The number of carboxylic acids is 2. The third kappa shape index (κ3) is 10.6. The topological polar surface area (TPSA) is 237 Å². The Hall–Kier alpha value is -5.24. The van der Waals surface area contributed by atoms with Crippen molar-refractivity contribution in [2.75, 3.05) is 0 Å². The predicted molar refractivity (Wildman–Crippen MR) is 153 cm³/mol. The molecule has 2 aromatic carbocycles. The number of carbonyl (C=O) groups is 5. The Kier molecular flexibility index (Phi) is 11.8. The zero-order valence-corrected chi connectivity index (χ0v) is 23.1. The van der Waals surface area contributed by atoms with E-state index < -0.39 is 60.2 Å². The van der Waals surface area contributed by atoms with Gasteiger partial charge in [0.05, 0.1) is 12.4 Å². The first-order chi connectivity index (χ1) is 20.5. The van der Waals surface area contributed by atoms with Gasteiger partial charge in [-0.05, 0) is 36.1 Å². The van der Waals surface area contributed by atoms with E-state index in [9.17, 15) is 34.2 Å². The molecule has 9 N–H and O–H groups in total. The number of hydrogen-bond acceptors (Lipinski definition) is 8. The predicted octanol–water partition coefficient (Wildman–Crippen LogP) is -0.126. The SMILES string of the molecule is NC(Cc1ccccc1)C(=O)NC(Cc1cnc[nH]1)C(=O)NC(Cc1ccc(O)cc1)C(=O)NC(CCC(=O)O)C(=O)O. The molecule has 0 aliphatic carbocycles. The number of hydrogen-bond donors (Lipinski definition) is 8. The molecule has 1 aromatic heterocycles. The van der Waals surface area contributed by atoms with E-state index in [-0.39, 0.29) is 31.4 Å². The van der Waals surface area contributed by atoms with E-state index in [2.05, 4.69) is 25.9 Å². The first-order valence-electron chi connectivity index (χ1n) is 13.4. The van der Waals surface area contributed by atoms with Crippen molar-refractivity contribution in [3.8, 4) is 5.75 Å². The number of aromatic nitrogens is 2. The molecule has 43 heavy (non-hydrogen) atoms. The maximum atomic E-state index is 13.6. The second-order valence-electron chi connectivity index (χ2n) is 9.90. The first-order valence-corrected chi connectivity index (χ1v) is 13.4. The summed E-state index contributed by atoms with van der Waals surface area (Å²) in [5, 5.41) is 35.6. The fourth-order valence-electron chi connectivity index (χ4n) is 4.21. The zero-order chi connectivity index (χ0) is 31.4. The van der Waals surface area contributed by atoms with Gasteiger partial charge in [0.2, 0.25) is 17.7 Å². The number of H-pyrrole nitrogens is 1. The highest BCUT2D eigenvalue weighted by Crippen LogP contribution is 2.13. The molecule has 4 atom stereocenters. The highest BCUT2D eigenvalue weighted by molar-refractivity contribution is 5.94. The number of carbonyl (C=O) groups excluding carboxylic acids is 3. The summed E-state index contributed by atoms with van der Waals surface area (Å²) in [5.41, 5.74) is 7.98. The lowest BCUT2D eigenvalue weighted by atomic mass is 10.0. The van der Waals surface area contributed by atoms with Gasteiger partial charge in [0.1, 0.15) is 23.9 Å². The van der Waals surface area contributed by atoms with Gasteiger partial charge in [0.15, 0.2) is 0 Å². The van der Waals surface area contributed by atoms with Crippen molar-refractivity contribution in [1.29, 1.82) is 0 Å². The maximum absolute atomic E-state index is 13.6. The minimum absolute atomic E-state index is 0.0254. The van der Waals surface area contributed by atoms with Gasteiger partial charge in [0.25, 0.3) is 0 Å². The summed E-state index contributed by atoms with van der Waals surface area (Å²) in [4.78, 5) is 69.3. The highest BCUT2D eigenvalue weighted by Gasteiger charge is 2.31. The smallest absolute Gasteiger partial charge is 0.326 e. The monoisotopic (exact) mass is 594 g/mol. The number of imidazole rings is 1. The Morgan fingerprint density at radius 1 is 0.767 bits per heavy atom. The second-order valence-corrected chi connectivity index (χ2v) is 9.90. The highest BCUT2D eigenvalue weighted by atomic mass is 16.4. The molecule has 0 bridgehead atoms. The van der Waals surface area contributed by atoms with E-state index in [4.69, 9.17) is 10.8 Å². The van der Waals surface area contributed by atoms with Crippen LogP contribution in [0.25, 0.3) is 0 Å². The van der Waals surface area contributed by atoms with Crippen LogP contribution >= 0.6 is 0 Å². The van der Waals surface area contributed by atoms with E-state index in [1.165, 1.54) is 36.8 Å². The van der Waals surface area contributed by atoms with E-state index in [0.717, 1.165) is 5.56 Å². The first kappa shape index (κ1) is 32.3. The number of phenolic OH excluding ortho intramolecular Hbond substituents is 1. The summed E-state index contributed by atoms with van der Waals surface area (Å²) in [6.45, 7) is 0. The molecule has 0 saturated heterocycles. The maximum Gasteiger partial charge on any atom is 0.326 e. The number of phenols is 1. The number of rotatable bonds is 16. The molecule has 3 amide bonds. The van der Waals surface area contributed by atoms with Crippen molar-refractivity contribution >= 4 is 29.7 Å². The Morgan fingerprint density at radius 2 is 1.35 bits per heavy atom. The van der Waals surface area contributed by atoms with Crippen LogP contribution in [-0.2, 0) is 43.2 Å². The van der Waals surface area contributed by atoms with Gasteiger partial charge in [0, 0.05) is 31.2 Å². The largest absolute Gasteiger partial charge is 0.508 e. The van der Waals surface area contributed by atoms with E-state index in [1.54, 1.807) is 0 Å². The Morgan fingerprint density at radius 3 is 1.93 bits per heavy atom.